The van der Waals surface area contributed by atoms with Gasteiger partial charge in [-0.2, -0.15) is 0 Å². The van der Waals surface area contributed by atoms with E-state index in [0.29, 0.717) is 5.57 Å². The zero-order chi connectivity index (χ0) is 11.5. The molecule has 0 aliphatic carbocycles. The third kappa shape index (κ3) is 1.82. The van der Waals surface area contributed by atoms with Crippen molar-refractivity contribution in [3.63, 3.8) is 0 Å². The van der Waals surface area contributed by atoms with Crippen LogP contribution in [0.3, 0.4) is 0 Å². The molecule has 1 aromatic carbocycles. The Hall–Kier alpha value is -2.09. The molecule has 80 valence electrons. The summed E-state index contributed by atoms with van der Waals surface area (Å²) in [4.78, 5) is 14.8. The van der Waals surface area contributed by atoms with E-state index in [0.717, 1.165) is 16.6 Å². The van der Waals surface area contributed by atoms with Crippen LogP contribution < -0.4 is 0 Å². The highest BCUT2D eigenvalue weighted by molar-refractivity contribution is 6.25. The molecule has 2 nitrogen and oxygen atoms in total. The topological polar surface area (TPSA) is 32.9 Å². The predicted octanol–water partition coefficient (Wildman–Crippen LogP) is 3.33. The van der Waals surface area contributed by atoms with Gasteiger partial charge in [-0.25, -0.2) is 0 Å². The first-order chi connectivity index (χ1) is 7.72. The standard InChI is InChI=1S/C14H13NO/c1-3-6-14(16)10(2)13-9-11-7-4-5-8-12(11)15-13/h3-9,15H,2H2,1H3/b6-3-. The molecule has 0 atom stereocenters. The average molecular weight is 211 g/mol. The number of para-hydroxylation sites is 1. The van der Waals surface area contributed by atoms with E-state index in [9.17, 15) is 4.79 Å². The molecule has 0 fully saturated rings. The Morgan fingerprint density at radius 1 is 1.38 bits per heavy atom. The number of ketones is 1. The van der Waals surface area contributed by atoms with Gasteiger partial charge in [-0.1, -0.05) is 30.9 Å². The lowest BCUT2D eigenvalue weighted by molar-refractivity contribution is -0.109. The van der Waals surface area contributed by atoms with Crippen LogP contribution in [0.1, 0.15) is 12.6 Å². The number of carbonyl (C=O) groups is 1. The van der Waals surface area contributed by atoms with Crippen molar-refractivity contribution in [2.24, 2.45) is 0 Å². The summed E-state index contributed by atoms with van der Waals surface area (Å²) in [6, 6.07) is 9.85. The van der Waals surface area contributed by atoms with Crippen LogP contribution in [0.2, 0.25) is 0 Å². The lowest BCUT2D eigenvalue weighted by atomic mass is 10.1. The number of hydrogen-bond acceptors (Lipinski definition) is 1. The summed E-state index contributed by atoms with van der Waals surface area (Å²) in [5, 5.41) is 1.09. The molecule has 2 rings (SSSR count). The van der Waals surface area contributed by atoms with Crippen molar-refractivity contribution in [2.45, 2.75) is 6.92 Å². The molecule has 0 saturated heterocycles. The Morgan fingerprint density at radius 3 is 2.81 bits per heavy atom. The van der Waals surface area contributed by atoms with Crippen LogP contribution in [0.4, 0.5) is 0 Å². The van der Waals surface area contributed by atoms with Gasteiger partial charge in [0.15, 0.2) is 5.78 Å². The van der Waals surface area contributed by atoms with E-state index in [2.05, 4.69) is 11.6 Å². The highest BCUT2D eigenvalue weighted by Crippen LogP contribution is 2.20. The fraction of sp³-hybridized carbons (Fsp3) is 0.0714. The summed E-state index contributed by atoms with van der Waals surface area (Å²) in [7, 11) is 0. The van der Waals surface area contributed by atoms with Crippen LogP contribution in [-0.2, 0) is 4.79 Å². The highest BCUT2D eigenvalue weighted by Gasteiger charge is 2.08. The lowest BCUT2D eigenvalue weighted by Crippen LogP contribution is -1.95. The minimum atomic E-state index is -0.0611. The maximum Gasteiger partial charge on any atom is 0.186 e. The number of rotatable bonds is 3. The first-order valence-electron chi connectivity index (χ1n) is 5.16. The van der Waals surface area contributed by atoms with E-state index in [-0.39, 0.29) is 5.78 Å². The van der Waals surface area contributed by atoms with Crippen LogP contribution in [-0.4, -0.2) is 10.8 Å². The third-order valence-corrected chi connectivity index (χ3v) is 2.47. The van der Waals surface area contributed by atoms with Crippen LogP contribution in [0, 0.1) is 0 Å². The Kier molecular flexibility index (Phi) is 2.73. The minimum absolute atomic E-state index is 0.0611. The van der Waals surface area contributed by atoms with Gasteiger partial charge in [-0.15, -0.1) is 0 Å². The molecule has 0 spiro atoms. The monoisotopic (exact) mass is 211 g/mol. The Balaban J connectivity index is 2.41. The zero-order valence-electron chi connectivity index (χ0n) is 9.16. The summed E-state index contributed by atoms with van der Waals surface area (Å²) < 4.78 is 0. The zero-order valence-corrected chi connectivity index (χ0v) is 9.16. The van der Waals surface area contributed by atoms with Gasteiger partial charge < -0.3 is 4.98 Å². The molecule has 0 aliphatic rings. The van der Waals surface area contributed by atoms with Crippen LogP contribution in [0.15, 0.2) is 49.1 Å². The first kappa shape index (κ1) is 10.4. The van der Waals surface area contributed by atoms with Crippen LogP contribution in [0.5, 0.6) is 0 Å². The quantitative estimate of drug-likeness (QED) is 0.776. The van der Waals surface area contributed by atoms with Gasteiger partial charge >= 0.3 is 0 Å². The van der Waals surface area contributed by atoms with E-state index in [4.69, 9.17) is 0 Å². The molecular formula is C14H13NO. The van der Waals surface area contributed by atoms with Crippen molar-refractivity contribution in [2.75, 3.05) is 0 Å². The number of aromatic nitrogens is 1. The van der Waals surface area contributed by atoms with Gasteiger partial charge in [0.05, 0.1) is 0 Å². The molecule has 0 amide bonds. The maximum absolute atomic E-state index is 11.6. The van der Waals surface area contributed by atoms with Crippen molar-refractivity contribution < 1.29 is 4.79 Å². The first-order valence-corrected chi connectivity index (χ1v) is 5.16. The second-order valence-electron chi connectivity index (χ2n) is 3.61. The fourth-order valence-electron chi connectivity index (χ4n) is 1.62. The number of nitrogens with one attached hydrogen (secondary N) is 1. The number of H-pyrrole nitrogens is 1. The molecule has 0 unspecified atom stereocenters. The molecule has 1 N–H and O–H groups in total. The predicted molar refractivity (Wildman–Crippen MR) is 67.2 cm³/mol. The second kappa shape index (κ2) is 4.19. The Bertz CT molecular complexity index is 542. The summed E-state index contributed by atoms with van der Waals surface area (Å²) >= 11 is 0. The van der Waals surface area contributed by atoms with Gasteiger partial charge in [0, 0.05) is 22.2 Å². The summed E-state index contributed by atoms with van der Waals surface area (Å²) in [6.07, 6.45) is 3.24. The van der Waals surface area contributed by atoms with Gasteiger partial charge in [0.2, 0.25) is 0 Å². The molecule has 0 radical (unpaired) electrons. The summed E-state index contributed by atoms with van der Waals surface area (Å²) in [5.41, 5.74) is 2.30. The summed E-state index contributed by atoms with van der Waals surface area (Å²) in [5.74, 6) is -0.0611. The average Bonchev–Trinajstić information content (AvgIpc) is 2.71. The van der Waals surface area contributed by atoms with Gasteiger partial charge in [0.1, 0.15) is 0 Å². The Morgan fingerprint density at radius 2 is 2.12 bits per heavy atom. The smallest absolute Gasteiger partial charge is 0.186 e. The number of carbonyl (C=O) groups excluding carboxylic acids is 1. The van der Waals surface area contributed by atoms with Crippen molar-refractivity contribution >= 4 is 22.3 Å². The van der Waals surface area contributed by atoms with Crippen molar-refractivity contribution in [1.82, 2.24) is 4.98 Å². The lowest BCUT2D eigenvalue weighted by Gasteiger charge is -1.96. The molecule has 16 heavy (non-hydrogen) atoms. The van der Waals surface area contributed by atoms with E-state index >= 15 is 0 Å². The molecular weight excluding hydrogens is 198 g/mol. The van der Waals surface area contributed by atoms with E-state index in [1.807, 2.05) is 37.3 Å². The van der Waals surface area contributed by atoms with Gasteiger partial charge in [0.25, 0.3) is 0 Å². The number of fused-ring (bicyclic) bond motifs is 1. The van der Waals surface area contributed by atoms with Crippen LogP contribution in [0.25, 0.3) is 16.5 Å². The van der Waals surface area contributed by atoms with Crippen molar-refractivity contribution in [1.29, 1.82) is 0 Å². The molecule has 1 aromatic heterocycles. The third-order valence-electron chi connectivity index (χ3n) is 2.47. The van der Waals surface area contributed by atoms with E-state index in [1.165, 1.54) is 6.08 Å². The van der Waals surface area contributed by atoms with Gasteiger partial charge in [-0.05, 0) is 25.1 Å². The van der Waals surface area contributed by atoms with E-state index < -0.39 is 0 Å². The number of hydrogen-bond donors (Lipinski definition) is 1. The fourth-order valence-corrected chi connectivity index (χ4v) is 1.62. The normalized spacial score (nSPS) is 11.1. The molecule has 2 aromatic rings. The molecule has 2 heteroatoms. The maximum atomic E-state index is 11.6. The SMILES string of the molecule is C=C(C(=O)/C=C\C)c1cc2ccccc2[nH]1. The number of allylic oxidation sites excluding steroid dienone is 3. The van der Waals surface area contributed by atoms with Crippen molar-refractivity contribution in [3.05, 3.63) is 54.8 Å². The van der Waals surface area contributed by atoms with Crippen LogP contribution >= 0.6 is 0 Å². The molecule has 0 aliphatic heterocycles. The number of aromatic amines is 1. The Labute approximate surface area is 94.3 Å². The highest BCUT2D eigenvalue weighted by atomic mass is 16.1. The largest absolute Gasteiger partial charge is 0.354 e. The van der Waals surface area contributed by atoms with Gasteiger partial charge in [-0.3, -0.25) is 4.79 Å². The molecule has 1 heterocycles. The molecule has 0 saturated carbocycles. The number of benzene rings is 1. The summed E-state index contributed by atoms with van der Waals surface area (Å²) in [6.45, 7) is 5.62. The molecule has 0 bridgehead atoms. The second-order valence-corrected chi connectivity index (χ2v) is 3.61. The minimum Gasteiger partial charge on any atom is -0.354 e. The van der Waals surface area contributed by atoms with Crippen molar-refractivity contribution in [3.8, 4) is 0 Å². The van der Waals surface area contributed by atoms with E-state index in [1.54, 1.807) is 6.08 Å².